The zero-order valence-corrected chi connectivity index (χ0v) is 15.3. The van der Waals surface area contributed by atoms with Crippen LogP contribution in [-0.2, 0) is 11.2 Å². The average Bonchev–Trinajstić information content (AvgIpc) is 2.61. The quantitative estimate of drug-likeness (QED) is 0.662. The van der Waals surface area contributed by atoms with Crippen molar-refractivity contribution < 1.29 is 14.3 Å². The van der Waals surface area contributed by atoms with Crippen LogP contribution in [0.5, 0.6) is 5.75 Å². The number of ether oxygens (including phenoxy) is 1. The summed E-state index contributed by atoms with van der Waals surface area (Å²) in [5, 5.41) is 5.88. The van der Waals surface area contributed by atoms with Crippen LogP contribution in [0.25, 0.3) is 0 Å². The maximum absolute atomic E-state index is 12.3. The highest BCUT2D eigenvalue weighted by Gasteiger charge is 2.19. The van der Waals surface area contributed by atoms with Crippen LogP contribution in [0.2, 0.25) is 5.02 Å². The summed E-state index contributed by atoms with van der Waals surface area (Å²) in [6, 6.07) is 13.4. The Morgan fingerprint density at radius 1 is 1.15 bits per heavy atom. The van der Waals surface area contributed by atoms with E-state index in [4.69, 9.17) is 22.1 Å². The van der Waals surface area contributed by atoms with Crippen molar-refractivity contribution in [1.82, 2.24) is 10.6 Å². The van der Waals surface area contributed by atoms with Crippen LogP contribution in [0.15, 0.2) is 48.5 Å². The van der Waals surface area contributed by atoms with Gasteiger partial charge in [-0.1, -0.05) is 48.0 Å². The van der Waals surface area contributed by atoms with Gasteiger partial charge in [0.1, 0.15) is 5.75 Å². The lowest BCUT2D eigenvalue weighted by Gasteiger charge is -2.19. The second-order valence-corrected chi connectivity index (χ2v) is 6.11. The summed E-state index contributed by atoms with van der Waals surface area (Å²) >= 11 is 6.17. The van der Waals surface area contributed by atoms with Gasteiger partial charge in [0, 0.05) is 11.6 Å². The molecule has 0 aliphatic rings. The Hall–Kier alpha value is -2.73. The van der Waals surface area contributed by atoms with E-state index < -0.39 is 12.1 Å². The molecule has 1 atom stereocenters. The number of benzene rings is 2. The molecule has 0 radical (unpaired) electrons. The molecule has 3 amide bonds. The molecule has 2 aromatic carbocycles. The normalized spacial score (nSPS) is 11.5. The van der Waals surface area contributed by atoms with Gasteiger partial charge in [-0.2, -0.15) is 0 Å². The number of halogens is 1. The van der Waals surface area contributed by atoms with Crippen molar-refractivity contribution in [3.8, 4) is 5.75 Å². The summed E-state index contributed by atoms with van der Waals surface area (Å²) in [4.78, 5) is 23.6. The number of hydrogen-bond donors (Lipinski definition) is 3. The molecular weight excluding hydrogens is 354 g/mol. The summed E-state index contributed by atoms with van der Waals surface area (Å²) < 4.78 is 5.29. The smallest absolute Gasteiger partial charge is 0.312 e. The Labute approximate surface area is 157 Å². The second kappa shape index (κ2) is 9.68. The third-order valence-corrected chi connectivity index (χ3v) is 4.24. The van der Waals surface area contributed by atoms with Gasteiger partial charge in [0.05, 0.1) is 19.6 Å². The number of carbonyl (C=O) groups excluding carboxylic acids is 2. The Morgan fingerprint density at radius 2 is 1.85 bits per heavy atom. The highest BCUT2D eigenvalue weighted by Crippen LogP contribution is 2.25. The summed E-state index contributed by atoms with van der Waals surface area (Å²) in [6.07, 6.45) is 0.675. The van der Waals surface area contributed by atoms with Crippen molar-refractivity contribution in [2.45, 2.75) is 18.9 Å². The monoisotopic (exact) mass is 375 g/mol. The molecule has 2 aromatic rings. The van der Waals surface area contributed by atoms with Gasteiger partial charge in [0.15, 0.2) is 0 Å². The van der Waals surface area contributed by atoms with Crippen molar-refractivity contribution in [3.05, 3.63) is 64.7 Å². The Balaban J connectivity index is 1.95. The van der Waals surface area contributed by atoms with Crippen LogP contribution in [0.4, 0.5) is 4.79 Å². The van der Waals surface area contributed by atoms with Gasteiger partial charge >= 0.3 is 6.03 Å². The van der Waals surface area contributed by atoms with E-state index in [0.29, 0.717) is 23.6 Å². The zero-order valence-electron chi connectivity index (χ0n) is 14.5. The number of para-hydroxylation sites is 1. The minimum atomic E-state index is -0.711. The third-order valence-electron chi connectivity index (χ3n) is 3.90. The number of rotatable bonds is 8. The highest BCUT2D eigenvalue weighted by atomic mass is 35.5. The summed E-state index contributed by atoms with van der Waals surface area (Å²) in [5.74, 6) is 0.574. The fourth-order valence-electron chi connectivity index (χ4n) is 2.67. The van der Waals surface area contributed by atoms with Gasteiger partial charge in [0.25, 0.3) is 0 Å². The number of nitrogens with one attached hydrogen (secondary N) is 2. The number of hydrogen-bond acceptors (Lipinski definition) is 3. The Morgan fingerprint density at radius 3 is 2.54 bits per heavy atom. The minimum absolute atomic E-state index is 0.0403. The van der Waals surface area contributed by atoms with Crippen molar-refractivity contribution in [3.63, 3.8) is 0 Å². The van der Waals surface area contributed by atoms with Crippen molar-refractivity contribution in [1.29, 1.82) is 0 Å². The molecule has 0 heterocycles. The van der Waals surface area contributed by atoms with Crippen molar-refractivity contribution >= 4 is 23.5 Å². The molecular formula is C19H22ClN3O3. The first-order valence-corrected chi connectivity index (χ1v) is 8.58. The Kier molecular flexibility index (Phi) is 7.29. The predicted molar refractivity (Wildman–Crippen MR) is 101 cm³/mol. The highest BCUT2D eigenvalue weighted by molar-refractivity contribution is 6.31. The summed E-state index contributed by atoms with van der Waals surface area (Å²) in [7, 11) is 1.61. The molecule has 0 saturated carbocycles. The van der Waals surface area contributed by atoms with Gasteiger partial charge in [-0.15, -0.1) is 0 Å². The number of methoxy groups -OCH3 is 1. The molecule has 4 N–H and O–H groups in total. The molecule has 0 spiro atoms. The summed E-state index contributed by atoms with van der Waals surface area (Å²) in [6.45, 7) is 0.449. The van der Waals surface area contributed by atoms with Crippen LogP contribution in [0, 0.1) is 0 Å². The van der Waals surface area contributed by atoms with Gasteiger partial charge in [-0.3, -0.25) is 4.79 Å². The zero-order chi connectivity index (χ0) is 18.9. The molecule has 0 aliphatic carbocycles. The molecule has 6 nitrogen and oxygen atoms in total. The minimum Gasteiger partial charge on any atom is -0.496 e. The molecule has 26 heavy (non-hydrogen) atoms. The van der Waals surface area contributed by atoms with Crippen LogP contribution >= 0.6 is 11.6 Å². The SMILES string of the molecule is COc1ccccc1CCNC(=O)CC(NC(N)=O)c1ccccc1Cl. The first-order valence-electron chi connectivity index (χ1n) is 8.20. The van der Waals surface area contributed by atoms with E-state index >= 15 is 0 Å². The first-order chi connectivity index (χ1) is 12.5. The molecule has 0 bridgehead atoms. The maximum Gasteiger partial charge on any atom is 0.312 e. The number of amides is 3. The molecule has 0 aliphatic heterocycles. The van der Waals surface area contributed by atoms with E-state index in [0.717, 1.165) is 11.3 Å². The van der Waals surface area contributed by atoms with Crippen LogP contribution in [0.3, 0.4) is 0 Å². The molecule has 7 heteroatoms. The molecule has 0 saturated heterocycles. The standard InChI is InChI=1S/C19H22ClN3O3/c1-26-17-9-5-2-6-13(17)10-11-22-18(24)12-16(23-19(21)25)14-7-3-4-8-15(14)20/h2-9,16H,10-12H2,1H3,(H,22,24)(H3,21,23,25). The lowest BCUT2D eigenvalue weighted by Crippen LogP contribution is -2.37. The first kappa shape index (κ1) is 19.6. The molecule has 0 aromatic heterocycles. The topological polar surface area (TPSA) is 93.4 Å². The van der Waals surface area contributed by atoms with E-state index in [1.807, 2.05) is 24.3 Å². The number of primary amides is 1. The van der Waals surface area contributed by atoms with E-state index in [2.05, 4.69) is 10.6 Å². The fourth-order valence-corrected chi connectivity index (χ4v) is 2.94. The lowest BCUT2D eigenvalue weighted by atomic mass is 10.0. The van der Waals surface area contributed by atoms with E-state index in [1.165, 1.54) is 0 Å². The van der Waals surface area contributed by atoms with E-state index in [-0.39, 0.29) is 12.3 Å². The summed E-state index contributed by atoms with van der Waals surface area (Å²) in [5.41, 5.74) is 6.88. The maximum atomic E-state index is 12.3. The lowest BCUT2D eigenvalue weighted by molar-refractivity contribution is -0.121. The molecule has 1 unspecified atom stereocenters. The van der Waals surface area contributed by atoms with Gasteiger partial charge in [-0.25, -0.2) is 4.79 Å². The van der Waals surface area contributed by atoms with Crippen molar-refractivity contribution in [2.24, 2.45) is 5.73 Å². The molecule has 138 valence electrons. The Bertz CT molecular complexity index is 767. The van der Waals surface area contributed by atoms with Crippen LogP contribution in [-0.4, -0.2) is 25.6 Å². The fraction of sp³-hybridized carbons (Fsp3) is 0.263. The van der Waals surface area contributed by atoms with E-state index in [1.54, 1.807) is 31.4 Å². The third kappa shape index (κ3) is 5.67. The van der Waals surface area contributed by atoms with Crippen LogP contribution < -0.4 is 21.1 Å². The number of nitrogens with two attached hydrogens (primary N) is 1. The van der Waals surface area contributed by atoms with Gasteiger partial charge in [-0.05, 0) is 29.7 Å². The second-order valence-electron chi connectivity index (χ2n) is 5.70. The molecule has 0 fully saturated rings. The van der Waals surface area contributed by atoms with Crippen LogP contribution in [0.1, 0.15) is 23.6 Å². The largest absolute Gasteiger partial charge is 0.496 e. The molecule has 2 rings (SSSR count). The van der Waals surface area contributed by atoms with Gasteiger partial charge < -0.3 is 21.1 Å². The van der Waals surface area contributed by atoms with Crippen molar-refractivity contribution in [2.75, 3.05) is 13.7 Å². The average molecular weight is 376 g/mol. The predicted octanol–water partition coefficient (Wildman–Crippen LogP) is 2.81. The number of urea groups is 1. The number of carbonyl (C=O) groups is 2. The van der Waals surface area contributed by atoms with Gasteiger partial charge in [0.2, 0.25) is 5.91 Å². The van der Waals surface area contributed by atoms with E-state index in [9.17, 15) is 9.59 Å².